The summed E-state index contributed by atoms with van der Waals surface area (Å²) in [6.45, 7) is 3.44. The third-order valence-electron chi connectivity index (χ3n) is 3.93. The zero-order valence-electron chi connectivity index (χ0n) is 15.4. The molecule has 1 N–H and O–H groups in total. The number of carbonyl (C=O) groups excluding carboxylic acids is 1. The van der Waals surface area contributed by atoms with Gasteiger partial charge in [0.25, 0.3) is 5.91 Å². The van der Waals surface area contributed by atoms with Crippen LogP contribution in [0, 0.1) is 0 Å². The number of anilines is 1. The van der Waals surface area contributed by atoms with Gasteiger partial charge in [0.15, 0.2) is 0 Å². The maximum Gasteiger partial charge on any atom is 0.260 e. The van der Waals surface area contributed by atoms with Gasteiger partial charge in [0.05, 0.1) is 17.7 Å². The summed E-state index contributed by atoms with van der Waals surface area (Å²) in [5.74, 6) is -0.517. The Balaban J connectivity index is 2.11. The van der Waals surface area contributed by atoms with E-state index in [4.69, 9.17) is 0 Å². The zero-order chi connectivity index (χ0) is 20.0. The van der Waals surface area contributed by atoms with Crippen LogP contribution < -0.4 is 9.73 Å². The van der Waals surface area contributed by atoms with Crippen molar-refractivity contribution in [3.63, 3.8) is 0 Å². The molecule has 0 atom stereocenters. The number of aryl methyl sites for hydroxylation is 1. The number of sulfonamides is 1. The monoisotopic (exact) mass is 451 g/mol. The highest BCUT2D eigenvalue weighted by Gasteiger charge is 2.20. The highest BCUT2D eigenvalue weighted by atomic mass is 79.9. The van der Waals surface area contributed by atoms with E-state index in [0.29, 0.717) is 11.4 Å². The molecule has 0 aliphatic rings. The maximum absolute atomic E-state index is 12.3. The van der Waals surface area contributed by atoms with Crippen molar-refractivity contribution in [2.24, 2.45) is 5.10 Å². The molecule has 0 aliphatic heterocycles. The number of hydrogen-bond acceptors (Lipinski definition) is 4. The van der Waals surface area contributed by atoms with Gasteiger partial charge in [-0.15, -0.1) is 0 Å². The number of nitrogens with zero attached hydrogens (tertiary/aromatic N) is 2. The number of rotatable bonds is 7. The normalized spacial score (nSPS) is 11.9. The molecule has 144 valence electrons. The van der Waals surface area contributed by atoms with Gasteiger partial charge in [-0.3, -0.25) is 9.10 Å². The summed E-state index contributed by atoms with van der Waals surface area (Å²) in [5, 5.41) is 4.06. The minimum absolute atomic E-state index is 0.346. The first-order valence-electron chi connectivity index (χ1n) is 8.36. The average molecular weight is 452 g/mol. The molecule has 0 unspecified atom stereocenters. The predicted octanol–water partition coefficient (Wildman–Crippen LogP) is 3.32. The smallest absolute Gasteiger partial charge is 0.260 e. The lowest BCUT2D eigenvalue weighted by atomic mass is 10.1. The molecule has 0 radical (unpaired) electrons. The Hall–Kier alpha value is -2.19. The number of halogens is 1. The number of nitrogens with one attached hydrogen (secondary N) is 1. The molecule has 8 heteroatoms. The Morgan fingerprint density at radius 1 is 1.11 bits per heavy atom. The van der Waals surface area contributed by atoms with Gasteiger partial charge in [-0.2, -0.15) is 5.10 Å². The minimum Gasteiger partial charge on any atom is -0.271 e. The van der Waals surface area contributed by atoms with Crippen molar-refractivity contribution in [3.05, 3.63) is 64.1 Å². The topological polar surface area (TPSA) is 78.8 Å². The fraction of sp³-hybridized carbons (Fsp3) is 0.263. The fourth-order valence-electron chi connectivity index (χ4n) is 2.37. The number of amides is 1. The van der Waals surface area contributed by atoms with Gasteiger partial charge in [0, 0.05) is 4.47 Å². The van der Waals surface area contributed by atoms with E-state index in [1.165, 1.54) is 0 Å². The summed E-state index contributed by atoms with van der Waals surface area (Å²) in [7, 11) is -3.61. The molecule has 0 spiro atoms. The molecule has 0 saturated heterocycles. The third kappa shape index (κ3) is 6.18. The van der Waals surface area contributed by atoms with Crippen molar-refractivity contribution < 1.29 is 13.2 Å². The molecule has 27 heavy (non-hydrogen) atoms. The van der Waals surface area contributed by atoms with Gasteiger partial charge in [-0.05, 0) is 48.7 Å². The molecule has 0 fully saturated rings. The number of hydrogen-bond donors (Lipinski definition) is 1. The van der Waals surface area contributed by atoms with E-state index in [1.807, 2.05) is 43.3 Å². The first-order valence-corrected chi connectivity index (χ1v) is 11.0. The molecule has 0 saturated carbocycles. The average Bonchev–Trinajstić information content (AvgIpc) is 2.64. The van der Waals surface area contributed by atoms with Crippen molar-refractivity contribution in [2.45, 2.75) is 20.3 Å². The summed E-state index contributed by atoms with van der Waals surface area (Å²) in [4.78, 5) is 12.3. The molecule has 6 nitrogen and oxygen atoms in total. The maximum atomic E-state index is 12.3. The van der Waals surface area contributed by atoms with Crippen LogP contribution in [0.4, 0.5) is 5.69 Å². The minimum atomic E-state index is -3.61. The molecule has 0 aromatic heterocycles. The van der Waals surface area contributed by atoms with Crippen LogP contribution in [-0.2, 0) is 21.2 Å². The van der Waals surface area contributed by atoms with Gasteiger partial charge >= 0.3 is 0 Å². The molecular weight excluding hydrogens is 430 g/mol. The van der Waals surface area contributed by atoms with Gasteiger partial charge in [-0.1, -0.05) is 47.1 Å². The van der Waals surface area contributed by atoms with Crippen molar-refractivity contribution in [1.29, 1.82) is 0 Å². The molecule has 2 rings (SSSR count). The van der Waals surface area contributed by atoms with Gasteiger partial charge in [0.2, 0.25) is 10.0 Å². The number of carbonyl (C=O) groups is 1. The van der Waals surface area contributed by atoms with Crippen molar-refractivity contribution in [1.82, 2.24) is 5.43 Å². The highest BCUT2D eigenvalue weighted by molar-refractivity contribution is 9.10. The molecule has 1 amide bonds. The largest absolute Gasteiger partial charge is 0.271 e. The van der Waals surface area contributed by atoms with E-state index < -0.39 is 15.9 Å². The second-order valence-corrected chi connectivity index (χ2v) is 8.85. The van der Waals surface area contributed by atoms with Crippen LogP contribution in [0.15, 0.2) is 58.1 Å². The third-order valence-corrected chi connectivity index (χ3v) is 5.60. The number of hydrazone groups is 1. The summed E-state index contributed by atoms with van der Waals surface area (Å²) >= 11 is 3.36. The quantitative estimate of drug-likeness (QED) is 0.517. The van der Waals surface area contributed by atoms with E-state index in [1.54, 1.807) is 19.1 Å². The van der Waals surface area contributed by atoms with E-state index in [-0.39, 0.29) is 6.54 Å². The lowest BCUT2D eigenvalue weighted by Crippen LogP contribution is -2.39. The second kappa shape index (κ2) is 9.14. The van der Waals surface area contributed by atoms with Crippen LogP contribution in [0.5, 0.6) is 0 Å². The van der Waals surface area contributed by atoms with E-state index in [2.05, 4.69) is 26.5 Å². The zero-order valence-corrected chi connectivity index (χ0v) is 17.8. The predicted molar refractivity (Wildman–Crippen MR) is 113 cm³/mol. The molecule has 0 aliphatic carbocycles. The van der Waals surface area contributed by atoms with Crippen molar-refractivity contribution in [2.75, 3.05) is 17.1 Å². The van der Waals surface area contributed by atoms with Crippen LogP contribution >= 0.6 is 15.9 Å². The SMILES string of the molecule is CCc1ccc(N(CC(=O)N/N=C(/C)c2ccc(Br)cc2)S(C)(=O)=O)cc1. The summed E-state index contributed by atoms with van der Waals surface area (Å²) in [6, 6.07) is 14.6. The molecule has 2 aromatic rings. The second-order valence-electron chi connectivity index (χ2n) is 6.03. The van der Waals surface area contributed by atoms with Crippen LogP contribution in [-0.4, -0.2) is 32.8 Å². The van der Waals surface area contributed by atoms with E-state index in [0.717, 1.165) is 32.6 Å². The summed E-state index contributed by atoms with van der Waals surface area (Å²) in [6.07, 6.45) is 1.92. The fourth-order valence-corrected chi connectivity index (χ4v) is 3.49. The van der Waals surface area contributed by atoms with Gasteiger partial charge < -0.3 is 0 Å². The summed E-state index contributed by atoms with van der Waals surface area (Å²) in [5.41, 5.74) is 5.43. The molecular formula is C19H22BrN3O3S. The van der Waals surface area contributed by atoms with E-state index in [9.17, 15) is 13.2 Å². The first-order chi connectivity index (χ1) is 12.7. The lowest BCUT2D eigenvalue weighted by Gasteiger charge is -2.21. The molecule has 2 aromatic carbocycles. The van der Waals surface area contributed by atoms with E-state index >= 15 is 0 Å². The van der Waals surface area contributed by atoms with Crippen molar-refractivity contribution in [3.8, 4) is 0 Å². The Morgan fingerprint density at radius 3 is 2.22 bits per heavy atom. The lowest BCUT2D eigenvalue weighted by molar-refractivity contribution is -0.119. The first kappa shape index (κ1) is 21.1. The Bertz CT molecular complexity index is 924. The van der Waals surface area contributed by atoms with Crippen molar-refractivity contribution >= 4 is 43.3 Å². The highest BCUT2D eigenvalue weighted by Crippen LogP contribution is 2.18. The molecule has 0 heterocycles. The van der Waals surface area contributed by atoms with Crippen LogP contribution in [0.1, 0.15) is 25.0 Å². The number of benzene rings is 2. The van der Waals surface area contributed by atoms with Crippen LogP contribution in [0.2, 0.25) is 0 Å². The Morgan fingerprint density at radius 2 is 1.70 bits per heavy atom. The molecule has 0 bridgehead atoms. The summed E-state index contributed by atoms with van der Waals surface area (Å²) < 4.78 is 26.2. The van der Waals surface area contributed by atoms with Crippen LogP contribution in [0.3, 0.4) is 0 Å². The van der Waals surface area contributed by atoms with Crippen LogP contribution in [0.25, 0.3) is 0 Å². The van der Waals surface area contributed by atoms with Gasteiger partial charge in [-0.25, -0.2) is 13.8 Å². The standard InChI is InChI=1S/C19H22BrN3O3S/c1-4-15-5-11-18(12-6-15)23(27(3,25)26)13-19(24)22-21-14(2)16-7-9-17(20)10-8-16/h5-12H,4,13H2,1-3H3,(H,22,24)/b21-14-. The Kier molecular flexibility index (Phi) is 7.15. The Labute approximate surface area is 168 Å². The van der Waals surface area contributed by atoms with Gasteiger partial charge in [0.1, 0.15) is 6.54 Å².